The van der Waals surface area contributed by atoms with E-state index in [1.165, 1.54) is 18.4 Å². The van der Waals surface area contributed by atoms with E-state index in [0.29, 0.717) is 12.5 Å². The minimum Gasteiger partial charge on any atom is -0.350 e. The summed E-state index contributed by atoms with van der Waals surface area (Å²) in [5.41, 5.74) is 2.41. The number of hydrogen-bond donors (Lipinski definition) is 2. The molecule has 2 rings (SSSR count). The summed E-state index contributed by atoms with van der Waals surface area (Å²) in [6, 6.07) is 8.77. The molecule has 2 atom stereocenters. The first-order valence-corrected chi connectivity index (χ1v) is 7.24. The van der Waals surface area contributed by atoms with Gasteiger partial charge >= 0.3 is 0 Å². The lowest BCUT2D eigenvalue weighted by Gasteiger charge is -2.24. The highest BCUT2D eigenvalue weighted by Gasteiger charge is 2.17. The molecule has 1 aromatic carbocycles. The van der Waals surface area contributed by atoms with E-state index in [1.54, 1.807) is 0 Å². The summed E-state index contributed by atoms with van der Waals surface area (Å²) < 4.78 is 0. The van der Waals surface area contributed by atoms with Gasteiger partial charge in [-0.1, -0.05) is 36.2 Å². The predicted molar refractivity (Wildman–Crippen MR) is 78.0 cm³/mol. The highest BCUT2D eigenvalue weighted by molar-refractivity contribution is 5.77. The van der Waals surface area contributed by atoms with E-state index in [9.17, 15) is 4.79 Å². The van der Waals surface area contributed by atoms with Crippen molar-refractivity contribution in [3.8, 4) is 0 Å². The summed E-state index contributed by atoms with van der Waals surface area (Å²) in [4.78, 5) is 12.0. The molecule has 1 heterocycles. The third-order valence-corrected chi connectivity index (χ3v) is 3.80. The van der Waals surface area contributed by atoms with E-state index in [-0.39, 0.29) is 11.9 Å². The molecular formula is C16H24N2O. The molecule has 1 aliphatic rings. The second kappa shape index (κ2) is 6.71. The van der Waals surface area contributed by atoms with Crippen molar-refractivity contribution in [2.75, 3.05) is 6.54 Å². The summed E-state index contributed by atoms with van der Waals surface area (Å²) in [5.74, 6) is 0.146. The van der Waals surface area contributed by atoms with Gasteiger partial charge in [-0.3, -0.25) is 4.79 Å². The molecule has 0 saturated carbocycles. The number of carbonyl (C=O) groups is 1. The average Bonchev–Trinajstić information content (AvgIpc) is 2.40. The molecule has 0 spiro atoms. The molecule has 104 valence electrons. The van der Waals surface area contributed by atoms with Crippen molar-refractivity contribution in [3.63, 3.8) is 0 Å². The lowest BCUT2D eigenvalue weighted by Crippen LogP contribution is -2.39. The Hall–Kier alpha value is -1.35. The Bertz CT molecular complexity index is 407. The van der Waals surface area contributed by atoms with Gasteiger partial charge in [0.15, 0.2) is 0 Å². The Morgan fingerprint density at radius 3 is 2.74 bits per heavy atom. The number of amides is 1. The van der Waals surface area contributed by atoms with Crippen LogP contribution in [0.2, 0.25) is 0 Å². The Morgan fingerprint density at radius 2 is 2.11 bits per heavy atom. The highest BCUT2D eigenvalue weighted by Crippen LogP contribution is 2.14. The van der Waals surface area contributed by atoms with E-state index >= 15 is 0 Å². The van der Waals surface area contributed by atoms with Crippen molar-refractivity contribution in [2.45, 2.75) is 51.6 Å². The molecule has 1 aliphatic heterocycles. The zero-order chi connectivity index (χ0) is 13.7. The van der Waals surface area contributed by atoms with Gasteiger partial charge in [-0.2, -0.15) is 0 Å². The number of benzene rings is 1. The molecule has 3 heteroatoms. The molecule has 0 bridgehead atoms. The van der Waals surface area contributed by atoms with Gasteiger partial charge in [0.1, 0.15) is 0 Å². The Kier molecular flexibility index (Phi) is 4.97. The monoisotopic (exact) mass is 260 g/mol. The van der Waals surface area contributed by atoms with Gasteiger partial charge in [0.2, 0.25) is 5.91 Å². The van der Waals surface area contributed by atoms with Crippen LogP contribution >= 0.6 is 0 Å². The van der Waals surface area contributed by atoms with Crippen LogP contribution in [-0.2, 0) is 4.79 Å². The number of aryl methyl sites for hydroxylation is 1. The molecule has 2 unspecified atom stereocenters. The zero-order valence-electron chi connectivity index (χ0n) is 11.9. The smallest absolute Gasteiger partial charge is 0.222 e. The fraction of sp³-hybridized carbons (Fsp3) is 0.562. The highest BCUT2D eigenvalue weighted by atomic mass is 16.1. The largest absolute Gasteiger partial charge is 0.350 e. The van der Waals surface area contributed by atoms with Crippen LogP contribution in [0.15, 0.2) is 24.3 Å². The Morgan fingerprint density at radius 1 is 1.37 bits per heavy atom. The van der Waals surface area contributed by atoms with Gasteiger partial charge in [0.25, 0.3) is 0 Å². The van der Waals surface area contributed by atoms with Crippen molar-refractivity contribution in [3.05, 3.63) is 35.4 Å². The summed E-state index contributed by atoms with van der Waals surface area (Å²) in [6.07, 6.45) is 4.18. The molecule has 2 N–H and O–H groups in total. The molecule has 3 nitrogen and oxygen atoms in total. The molecule has 0 radical (unpaired) electrons. The van der Waals surface area contributed by atoms with Gasteiger partial charge in [-0.15, -0.1) is 0 Å². The van der Waals surface area contributed by atoms with Crippen molar-refractivity contribution >= 4 is 5.91 Å². The van der Waals surface area contributed by atoms with Crippen molar-refractivity contribution in [2.24, 2.45) is 0 Å². The summed E-state index contributed by atoms with van der Waals surface area (Å²) in [6.45, 7) is 5.16. The molecule has 1 saturated heterocycles. The van der Waals surface area contributed by atoms with Crippen LogP contribution in [0.4, 0.5) is 0 Å². The first-order chi connectivity index (χ1) is 9.15. The van der Waals surface area contributed by atoms with Crippen LogP contribution in [0.25, 0.3) is 0 Å². The maximum Gasteiger partial charge on any atom is 0.222 e. The molecule has 1 fully saturated rings. The number of hydrogen-bond acceptors (Lipinski definition) is 2. The van der Waals surface area contributed by atoms with Crippen LogP contribution in [0.5, 0.6) is 0 Å². The average molecular weight is 260 g/mol. The van der Waals surface area contributed by atoms with Crippen LogP contribution in [-0.4, -0.2) is 18.5 Å². The third-order valence-electron chi connectivity index (χ3n) is 3.80. The van der Waals surface area contributed by atoms with Gasteiger partial charge in [-0.05, 0) is 38.8 Å². The van der Waals surface area contributed by atoms with Crippen LogP contribution in [0, 0.1) is 6.92 Å². The quantitative estimate of drug-likeness (QED) is 0.874. The number of rotatable bonds is 4. The molecule has 19 heavy (non-hydrogen) atoms. The summed E-state index contributed by atoms with van der Waals surface area (Å²) in [7, 11) is 0. The minimum atomic E-state index is 0.0803. The van der Waals surface area contributed by atoms with E-state index in [2.05, 4.69) is 41.8 Å². The van der Waals surface area contributed by atoms with Crippen LogP contribution in [0.3, 0.4) is 0 Å². The van der Waals surface area contributed by atoms with Crippen LogP contribution < -0.4 is 10.6 Å². The van der Waals surface area contributed by atoms with Crippen LogP contribution in [0.1, 0.15) is 49.8 Å². The van der Waals surface area contributed by atoms with Gasteiger partial charge in [0.05, 0.1) is 6.04 Å². The van der Waals surface area contributed by atoms with Crippen molar-refractivity contribution in [1.82, 2.24) is 10.6 Å². The van der Waals surface area contributed by atoms with Gasteiger partial charge < -0.3 is 10.6 Å². The molecule has 1 amide bonds. The second-order valence-electron chi connectivity index (χ2n) is 5.55. The topological polar surface area (TPSA) is 41.1 Å². The molecular weight excluding hydrogens is 236 g/mol. The SMILES string of the molecule is Cc1ccc(C(C)NC(=O)CC2CCCCN2)cc1. The summed E-state index contributed by atoms with van der Waals surface area (Å²) in [5, 5.41) is 6.49. The van der Waals surface area contributed by atoms with E-state index in [0.717, 1.165) is 18.5 Å². The maximum absolute atomic E-state index is 12.0. The van der Waals surface area contributed by atoms with Gasteiger partial charge in [0, 0.05) is 12.5 Å². The maximum atomic E-state index is 12.0. The number of carbonyl (C=O) groups excluding carboxylic acids is 1. The third kappa shape index (κ3) is 4.35. The number of nitrogens with one attached hydrogen (secondary N) is 2. The lowest BCUT2D eigenvalue weighted by molar-refractivity contribution is -0.122. The fourth-order valence-electron chi connectivity index (χ4n) is 2.56. The van der Waals surface area contributed by atoms with E-state index < -0.39 is 0 Å². The van der Waals surface area contributed by atoms with Crippen molar-refractivity contribution < 1.29 is 4.79 Å². The zero-order valence-corrected chi connectivity index (χ0v) is 11.9. The first-order valence-electron chi connectivity index (χ1n) is 7.24. The molecule has 0 aromatic heterocycles. The van der Waals surface area contributed by atoms with E-state index in [1.807, 2.05) is 6.92 Å². The molecule has 1 aromatic rings. The minimum absolute atomic E-state index is 0.0803. The second-order valence-corrected chi connectivity index (χ2v) is 5.55. The number of piperidine rings is 1. The Labute approximate surface area is 115 Å². The lowest BCUT2D eigenvalue weighted by atomic mass is 10.0. The summed E-state index contributed by atoms with van der Waals surface area (Å²) >= 11 is 0. The standard InChI is InChI=1S/C16H24N2O/c1-12-6-8-14(9-7-12)13(2)18-16(19)11-15-5-3-4-10-17-15/h6-9,13,15,17H,3-5,10-11H2,1-2H3,(H,18,19). The first kappa shape index (κ1) is 14.1. The fourth-order valence-corrected chi connectivity index (χ4v) is 2.56. The van der Waals surface area contributed by atoms with Crippen molar-refractivity contribution in [1.29, 1.82) is 0 Å². The van der Waals surface area contributed by atoms with E-state index in [4.69, 9.17) is 0 Å². The normalized spacial score (nSPS) is 20.8. The predicted octanol–water partition coefficient (Wildman–Crippen LogP) is 2.70. The Balaban J connectivity index is 1.82. The molecule has 0 aliphatic carbocycles. The van der Waals surface area contributed by atoms with Gasteiger partial charge in [-0.25, -0.2) is 0 Å².